The van der Waals surface area contributed by atoms with Crippen LogP contribution in [0.25, 0.3) is 33.5 Å². The molecule has 66 heavy (non-hydrogen) atoms. The average molecular weight is 901 g/mol. The SMILES string of the molecule is Cc1nn(C2CCN(CC3CCN(c4ccc(N5CCC(=O)NC5=O)cc4)CC3)CC2)c(C)c1-c1cc2c(-c3cc(CO)c(C(C)NC(=O)c4noc(C(C)(C)C)n4)cc3F)ncnc2[nH]1. The van der Waals surface area contributed by atoms with Crippen molar-refractivity contribution in [3.05, 3.63) is 88.8 Å². The molecule has 2 aromatic carbocycles. The van der Waals surface area contributed by atoms with E-state index in [1.165, 1.54) is 12.4 Å². The number of likely N-dealkylation sites (tertiary alicyclic amines) is 1. The number of aliphatic hydroxyl groups excluding tert-OH is 1. The third-order valence-electron chi connectivity index (χ3n) is 13.4. The Labute approximate surface area is 382 Å². The summed E-state index contributed by atoms with van der Waals surface area (Å²) in [7, 11) is 0. The molecule has 346 valence electrons. The van der Waals surface area contributed by atoms with Crippen LogP contribution in [0.15, 0.2) is 53.3 Å². The monoisotopic (exact) mass is 900 g/mol. The van der Waals surface area contributed by atoms with Gasteiger partial charge in [0.2, 0.25) is 11.8 Å². The van der Waals surface area contributed by atoms with E-state index in [1.54, 1.807) is 17.9 Å². The molecule has 0 spiro atoms. The Hall–Kier alpha value is -6.53. The highest BCUT2D eigenvalue weighted by Crippen LogP contribution is 2.37. The number of aliphatic hydroxyl groups is 1. The maximum atomic E-state index is 16.2. The second-order valence-electron chi connectivity index (χ2n) is 18.9. The summed E-state index contributed by atoms with van der Waals surface area (Å²) in [6, 6.07) is 12.1. The van der Waals surface area contributed by atoms with Crippen molar-refractivity contribution >= 4 is 40.3 Å². The number of hydrogen-bond donors (Lipinski definition) is 4. The van der Waals surface area contributed by atoms with Gasteiger partial charge in [-0.1, -0.05) is 25.9 Å². The number of H-pyrrole nitrogens is 1. The highest BCUT2D eigenvalue weighted by Gasteiger charge is 2.30. The molecule has 4 amide bonds. The molecule has 7 heterocycles. The first-order chi connectivity index (χ1) is 31.6. The third kappa shape index (κ3) is 8.90. The van der Waals surface area contributed by atoms with Gasteiger partial charge in [-0.2, -0.15) is 10.1 Å². The number of nitrogens with one attached hydrogen (secondary N) is 3. The van der Waals surface area contributed by atoms with Crippen LogP contribution in [-0.2, 0) is 16.8 Å². The van der Waals surface area contributed by atoms with E-state index in [2.05, 4.69) is 69.3 Å². The topological polar surface area (TPSA) is 204 Å². The highest BCUT2D eigenvalue weighted by atomic mass is 19.1. The summed E-state index contributed by atoms with van der Waals surface area (Å²) in [6.07, 6.45) is 5.94. The minimum absolute atomic E-state index is 0.128. The highest BCUT2D eigenvalue weighted by molar-refractivity contribution is 6.05. The molecule has 3 fully saturated rings. The molecule has 6 aromatic rings. The summed E-state index contributed by atoms with van der Waals surface area (Å²) in [4.78, 5) is 60.2. The second kappa shape index (κ2) is 18.0. The number of rotatable bonds is 11. The number of aryl methyl sites for hydroxylation is 1. The number of imide groups is 1. The molecule has 9 rings (SSSR count). The zero-order valence-electron chi connectivity index (χ0n) is 38.3. The van der Waals surface area contributed by atoms with Gasteiger partial charge in [-0.05, 0) is 106 Å². The summed E-state index contributed by atoms with van der Waals surface area (Å²) in [6.45, 7) is 16.6. The van der Waals surface area contributed by atoms with E-state index in [0.717, 1.165) is 92.4 Å². The van der Waals surface area contributed by atoms with Gasteiger partial charge in [0.15, 0.2) is 0 Å². The summed E-state index contributed by atoms with van der Waals surface area (Å²) < 4.78 is 23.6. The van der Waals surface area contributed by atoms with E-state index >= 15 is 4.39 Å². The first-order valence-electron chi connectivity index (χ1n) is 22.8. The fourth-order valence-electron chi connectivity index (χ4n) is 9.75. The molecule has 4 N–H and O–H groups in total. The number of urea groups is 1. The van der Waals surface area contributed by atoms with Gasteiger partial charge in [-0.25, -0.2) is 19.2 Å². The fourth-order valence-corrected chi connectivity index (χ4v) is 9.75. The van der Waals surface area contributed by atoms with Crippen molar-refractivity contribution in [2.75, 3.05) is 49.1 Å². The van der Waals surface area contributed by atoms with Crippen LogP contribution in [0, 0.1) is 25.6 Å². The molecule has 3 aliphatic heterocycles. The van der Waals surface area contributed by atoms with Crippen LogP contribution in [0.4, 0.5) is 20.6 Å². The lowest BCUT2D eigenvalue weighted by Gasteiger charge is -2.38. The van der Waals surface area contributed by atoms with Crippen LogP contribution in [-0.4, -0.2) is 102 Å². The Morgan fingerprint density at radius 2 is 1.71 bits per heavy atom. The van der Waals surface area contributed by atoms with E-state index in [-0.39, 0.29) is 29.4 Å². The van der Waals surface area contributed by atoms with Crippen LogP contribution < -0.4 is 20.4 Å². The standard InChI is InChI=1S/C48H57FN12O5/c1-27(52-45(64)44-55-46(66-57-44)48(4,5)6)35-22-38(49)36(21-31(35)25-62)42-37-23-39(53-43(37)51-26-50-42)41-28(2)56-61(29(41)3)34-13-16-58(17-14-34)24-30-11-18-59(19-12-30)32-7-9-33(10-8-32)60-20-15-40(63)54-47(60)65/h7-10,21-23,26-27,30,34,62H,11-20,24-25H2,1-6H3,(H,52,64)(H,50,51,53)(H,54,63,65). The molecule has 3 aliphatic rings. The summed E-state index contributed by atoms with van der Waals surface area (Å²) in [5.41, 5.74) is 7.19. The van der Waals surface area contributed by atoms with Crippen LogP contribution >= 0.6 is 0 Å². The van der Waals surface area contributed by atoms with Crippen molar-refractivity contribution in [1.82, 2.24) is 50.4 Å². The smallest absolute Gasteiger partial charge is 0.328 e. The molecule has 3 saturated heterocycles. The number of aromatic nitrogens is 7. The first-order valence-corrected chi connectivity index (χ1v) is 22.8. The van der Waals surface area contributed by atoms with Gasteiger partial charge in [-0.15, -0.1) is 0 Å². The van der Waals surface area contributed by atoms with Crippen LogP contribution in [0.2, 0.25) is 0 Å². The average Bonchev–Trinajstić information content (AvgIpc) is 4.05. The zero-order valence-corrected chi connectivity index (χ0v) is 38.3. The van der Waals surface area contributed by atoms with Crippen molar-refractivity contribution in [3.63, 3.8) is 0 Å². The lowest BCUT2D eigenvalue weighted by atomic mass is 9.94. The fraction of sp³-hybridized carbons (Fsp3) is 0.458. The molecule has 17 nitrogen and oxygen atoms in total. The van der Waals surface area contributed by atoms with Crippen molar-refractivity contribution < 1.29 is 28.4 Å². The summed E-state index contributed by atoms with van der Waals surface area (Å²) in [5.74, 6) is -0.550. The number of nitrogens with zero attached hydrogens (tertiary/aromatic N) is 9. The number of carbonyl (C=O) groups excluding carboxylic acids is 3. The minimum Gasteiger partial charge on any atom is -0.392 e. The molecule has 18 heteroatoms. The van der Waals surface area contributed by atoms with Crippen LogP contribution in [0.5, 0.6) is 0 Å². The molecular formula is C48H57FN12O5. The minimum atomic E-state index is -0.686. The number of hydrogen-bond acceptors (Lipinski definition) is 12. The number of carbonyl (C=O) groups is 3. The number of amides is 4. The van der Waals surface area contributed by atoms with Gasteiger partial charge < -0.3 is 29.7 Å². The van der Waals surface area contributed by atoms with E-state index < -0.39 is 29.8 Å². The number of piperidine rings is 2. The number of benzene rings is 2. The summed E-state index contributed by atoms with van der Waals surface area (Å²) in [5, 5.41) is 25.1. The molecule has 0 radical (unpaired) electrons. The number of fused-ring (bicyclic) bond motifs is 1. The molecule has 1 unspecified atom stereocenters. The van der Waals surface area contributed by atoms with Crippen molar-refractivity contribution in [2.45, 2.75) is 97.8 Å². The van der Waals surface area contributed by atoms with Gasteiger partial charge in [0.1, 0.15) is 17.8 Å². The largest absolute Gasteiger partial charge is 0.392 e. The lowest BCUT2D eigenvalue weighted by molar-refractivity contribution is -0.120. The predicted molar refractivity (Wildman–Crippen MR) is 246 cm³/mol. The van der Waals surface area contributed by atoms with Crippen molar-refractivity contribution in [3.8, 4) is 22.5 Å². The van der Waals surface area contributed by atoms with Gasteiger partial charge >= 0.3 is 6.03 Å². The van der Waals surface area contributed by atoms with Gasteiger partial charge in [0.05, 0.1) is 35.8 Å². The Kier molecular flexibility index (Phi) is 12.2. The van der Waals surface area contributed by atoms with Gasteiger partial charge in [0, 0.05) is 84.7 Å². The zero-order chi connectivity index (χ0) is 46.4. The van der Waals surface area contributed by atoms with E-state index in [1.807, 2.05) is 45.9 Å². The maximum Gasteiger partial charge on any atom is 0.328 e. The Bertz CT molecular complexity index is 2780. The van der Waals surface area contributed by atoms with Crippen molar-refractivity contribution in [1.29, 1.82) is 0 Å². The third-order valence-corrected chi connectivity index (χ3v) is 13.4. The van der Waals surface area contributed by atoms with Crippen LogP contribution in [0.1, 0.15) is 111 Å². The normalized spacial score (nSPS) is 17.5. The summed E-state index contributed by atoms with van der Waals surface area (Å²) >= 11 is 0. The second-order valence-corrected chi connectivity index (χ2v) is 18.9. The molecular weight excluding hydrogens is 844 g/mol. The van der Waals surface area contributed by atoms with E-state index in [9.17, 15) is 19.5 Å². The molecule has 1 atom stereocenters. The Morgan fingerprint density at radius 3 is 2.39 bits per heavy atom. The predicted octanol–water partition coefficient (Wildman–Crippen LogP) is 6.91. The lowest BCUT2D eigenvalue weighted by Crippen LogP contribution is -2.49. The van der Waals surface area contributed by atoms with Gasteiger partial charge in [-0.3, -0.25) is 24.5 Å². The van der Waals surface area contributed by atoms with E-state index in [0.29, 0.717) is 52.6 Å². The molecule has 0 saturated carbocycles. The Balaban J connectivity index is 0.828. The van der Waals surface area contributed by atoms with Crippen molar-refractivity contribution in [2.24, 2.45) is 5.92 Å². The Morgan fingerprint density at radius 1 is 0.985 bits per heavy atom. The molecule has 0 aliphatic carbocycles. The first kappa shape index (κ1) is 44.7. The number of anilines is 2. The quantitative estimate of drug-likeness (QED) is 0.105. The molecule has 0 bridgehead atoms. The molecule has 4 aromatic heterocycles. The number of aromatic amines is 1. The number of halogens is 1. The maximum absolute atomic E-state index is 16.2. The van der Waals surface area contributed by atoms with Crippen LogP contribution in [0.3, 0.4) is 0 Å². The van der Waals surface area contributed by atoms with Gasteiger partial charge in [0.25, 0.3) is 11.7 Å². The van der Waals surface area contributed by atoms with E-state index in [4.69, 9.17) is 9.62 Å².